The van der Waals surface area contributed by atoms with E-state index in [1.807, 2.05) is 11.0 Å². The molecule has 20 heavy (non-hydrogen) atoms. The van der Waals surface area contributed by atoms with Gasteiger partial charge in [0.1, 0.15) is 5.82 Å². The van der Waals surface area contributed by atoms with E-state index in [1.54, 1.807) is 6.07 Å². The molecule has 1 aliphatic rings. The number of nitrogen functional groups attached to an aromatic ring is 1. The number of pyridine rings is 1. The molecule has 110 valence electrons. The summed E-state index contributed by atoms with van der Waals surface area (Å²) in [5.41, 5.74) is 7.30. The zero-order valence-electron chi connectivity index (χ0n) is 12.9. The van der Waals surface area contributed by atoms with Crippen LogP contribution in [0.15, 0.2) is 12.1 Å². The fraction of sp³-hybridized carbons (Fsp3) is 0.625. The third-order valence-corrected chi connectivity index (χ3v) is 3.57. The summed E-state index contributed by atoms with van der Waals surface area (Å²) in [6.45, 7) is 9.15. The van der Waals surface area contributed by atoms with Gasteiger partial charge in [-0.2, -0.15) is 0 Å². The van der Waals surface area contributed by atoms with Gasteiger partial charge in [0.05, 0.1) is 0 Å². The molecule has 2 N–H and O–H groups in total. The average molecular weight is 275 g/mol. The zero-order valence-corrected chi connectivity index (χ0v) is 12.9. The lowest BCUT2D eigenvalue weighted by molar-refractivity contribution is 0.0743. The Morgan fingerprint density at radius 1 is 1.40 bits per heavy atom. The fourth-order valence-corrected chi connectivity index (χ4v) is 2.30. The van der Waals surface area contributed by atoms with Crippen LogP contribution < -0.4 is 5.73 Å². The van der Waals surface area contributed by atoms with Crippen LogP contribution in [0.3, 0.4) is 0 Å². The molecule has 4 nitrogen and oxygen atoms in total. The quantitative estimate of drug-likeness (QED) is 0.919. The number of amides is 1. The van der Waals surface area contributed by atoms with E-state index in [1.165, 1.54) is 0 Å². The first kappa shape index (κ1) is 14.8. The second-order valence-corrected chi connectivity index (χ2v) is 6.65. The van der Waals surface area contributed by atoms with Crippen molar-refractivity contribution in [2.24, 2.45) is 0 Å². The van der Waals surface area contributed by atoms with E-state index in [4.69, 9.17) is 5.73 Å². The summed E-state index contributed by atoms with van der Waals surface area (Å²) >= 11 is 0. The molecule has 0 unspecified atom stereocenters. The highest BCUT2D eigenvalue weighted by molar-refractivity contribution is 5.95. The molecule has 0 radical (unpaired) electrons. The monoisotopic (exact) mass is 275 g/mol. The Morgan fingerprint density at radius 3 is 2.55 bits per heavy atom. The number of nitrogens with two attached hydrogens (primary N) is 1. The Bertz CT molecular complexity index is 501. The van der Waals surface area contributed by atoms with Gasteiger partial charge in [-0.05, 0) is 31.4 Å². The number of rotatable bonds is 4. The van der Waals surface area contributed by atoms with Gasteiger partial charge in [0.15, 0.2) is 0 Å². The number of carbonyl (C=O) groups is 1. The molecule has 1 heterocycles. The van der Waals surface area contributed by atoms with E-state index >= 15 is 0 Å². The Kier molecular flexibility index (Phi) is 4.02. The minimum absolute atomic E-state index is 0.0916. The standard InChI is InChI=1S/C16H25N3O/c1-5-8-19(12-6-7-12)15(20)11-9-13(16(2,3)4)18-14(17)10-11/h9-10,12H,5-8H2,1-4H3,(H2,17,18). The molecule has 0 atom stereocenters. The van der Waals surface area contributed by atoms with Crippen LogP contribution in [-0.4, -0.2) is 28.4 Å². The molecule has 1 aromatic rings. The Labute approximate surface area is 121 Å². The molecule has 1 aliphatic carbocycles. The molecule has 1 saturated carbocycles. The third kappa shape index (κ3) is 3.30. The van der Waals surface area contributed by atoms with Gasteiger partial charge in [0.25, 0.3) is 5.91 Å². The Morgan fingerprint density at radius 2 is 2.05 bits per heavy atom. The van der Waals surface area contributed by atoms with Crippen LogP contribution >= 0.6 is 0 Å². The summed E-state index contributed by atoms with van der Waals surface area (Å²) < 4.78 is 0. The highest BCUT2D eigenvalue weighted by Crippen LogP contribution is 2.29. The first-order valence-electron chi connectivity index (χ1n) is 7.42. The third-order valence-electron chi connectivity index (χ3n) is 3.57. The van der Waals surface area contributed by atoms with Crippen LogP contribution in [-0.2, 0) is 5.41 Å². The maximum absolute atomic E-state index is 12.7. The van der Waals surface area contributed by atoms with Crippen LogP contribution in [0.25, 0.3) is 0 Å². The average Bonchev–Trinajstić information content (AvgIpc) is 3.17. The number of anilines is 1. The van der Waals surface area contributed by atoms with Crippen molar-refractivity contribution in [1.82, 2.24) is 9.88 Å². The summed E-state index contributed by atoms with van der Waals surface area (Å²) in [5, 5.41) is 0. The van der Waals surface area contributed by atoms with Gasteiger partial charge in [-0.25, -0.2) is 4.98 Å². The van der Waals surface area contributed by atoms with Gasteiger partial charge in [0.2, 0.25) is 0 Å². The van der Waals surface area contributed by atoms with Crippen molar-refractivity contribution >= 4 is 11.7 Å². The minimum atomic E-state index is -0.112. The van der Waals surface area contributed by atoms with Crippen LogP contribution in [0.1, 0.15) is 63.0 Å². The fourth-order valence-electron chi connectivity index (χ4n) is 2.30. The molecular formula is C16H25N3O. The predicted octanol–water partition coefficient (Wildman–Crippen LogP) is 2.98. The lowest BCUT2D eigenvalue weighted by Crippen LogP contribution is -2.34. The van der Waals surface area contributed by atoms with Crippen LogP contribution in [0.2, 0.25) is 0 Å². The first-order valence-corrected chi connectivity index (χ1v) is 7.42. The predicted molar refractivity (Wildman–Crippen MR) is 81.7 cm³/mol. The van der Waals surface area contributed by atoms with Crippen molar-refractivity contribution in [2.75, 3.05) is 12.3 Å². The van der Waals surface area contributed by atoms with Crippen molar-refractivity contribution in [3.05, 3.63) is 23.4 Å². The van der Waals surface area contributed by atoms with E-state index in [9.17, 15) is 4.79 Å². The lowest BCUT2D eigenvalue weighted by Gasteiger charge is -2.24. The molecule has 1 aromatic heterocycles. The zero-order chi connectivity index (χ0) is 14.9. The van der Waals surface area contributed by atoms with Gasteiger partial charge in [-0.3, -0.25) is 4.79 Å². The number of carbonyl (C=O) groups excluding carboxylic acids is 1. The van der Waals surface area contributed by atoms with E-state index in [0.717, 1.165) is 31.5 Å². The normalized spacial score (nSPS) is 15.2. The van der Waals surface area contributed by atoms with E-state index < -0.39 is 0 Å². The summed E-state index contributed by atoms with van der Waals surface area (Å²) in [6, 6.07) is 4.02. The highest BCUT2D eigenvalue weighted by atomic mass is 16.2. The van der Waals surface area contributed by atoms with E-state index in [-0.39, 0.29) is 11.3 Å². The summed E-state index contributed by atoms with van der Waals surface area (Å²) in [4.78, 5) is 19.0. The number of hydrogen-bond donors (Lipinski definition) is 1. The van der Waals surface area contributed by atoms with Gasteiger partial charge < -0.3 is 10.6 Å². The molecule has 0 aliphatic heterocycles. The molecule has 2 rings (SSSR count). The molecule has 0 aromatic carbocycles. The molecule has 1 amide bonds. The largest absolute Gasteiger partial charge is 0.384 e. The topological polar surface area (TPSA) is 59.2 Å². The number of aromatic nitrogens is 1. The van der Waals surface area contributed by atoms with Crippen molar-refractivity contribution in [1.29, 1.82) is 0 Å². The number of hydrogen-bond acceptors (Lipinski definition) is 3. The summed E-state index contributed by atoms with van der Waals surface area (Å²) in [7, 11) is 0. The molecule has 0 saturated heterocycles. The Balaban J connectivity index is 2.31. The van der Waals surface area contributed by atoms with Gasteiger partial charge >= 0.3 is 0 Å². The first-order chi connectivity index (χ1) is 9.32. The van der Waals surface area contributed by atoms with E-state index in [2.05, 4.69) is 32.7 Å². The maximum Gasteiger partial charge on any atom is 0.254 e. The van der Waals surface area contributed by atoms with Crippen LogP contribution in [0.5, 0.6) is 0 Å². The van der Waals surface area contributed by atoms with Crippen molar-refractivity contribution in [3.63, 3.8) is 0 Å². The van der Waals surface area contributed by atoms with Crippen LogP contribution in [0.4, 0.5) is 5.82 Å². The highest BCUT2D eigenvalue weighted by Gasteiger charge is 2.33. The van der Waals surface area contributed by atoms with Crippen molar-refractivity contribution < 1.29 is 4.79 Å². The summed E-state index contributed by atoms with van der Waals surface area (Å²) in [6.07, 6.45) is 3.23. The second kappa shape index (κ2) is 5.43. The van der Waals surface area contributed by atoms with Crippen molar-refractivity contribution in [3.8, 4) is 0 Å². The Hall–Kier alpha value is -1.58. The molecule has 0 bridgehead atoms. The molecule has 4 heteroatoms. The van der Waals surface area contributed by atoms with Gasteiger partial charge in [0, 0.05) is 29.3 Å². The molecule has 0 spiro atoms. The smallest absolute Gasteiger partial charge is 0.254 e. The lowest BCUT2D eigenvalue weighted by atomic mass is 9.90. The minimum Gasteiger partial charge on any atom is -0.384 e. The number of nitrogens with zero attached hydrogens (tertiary/aromatic N) is 2. The SMILES string of the molecule is CCCN(C(=O)c1cc(N)nc(C(C)(C)C)c1)C1CC1. The van der Waals surface area contributed by atoms with Crippen LogP contribution in [0, 0.1) is 0 Å². The van der Waals surface area contributed by atoms with Gasteiger partial charge in [-0.1, -0.05) is 27.7 Å². The maximum atomic E-state index is 12.7. The van der Waals surface area contributed by atoms with Gasteiger partial charge in [-0.15, -0.1) is 0 Å². The molecular weight excluding hydrogens is 250 g/mol. The summed E-state index contributed by atoms with van der Waals surface area (Å²) in [5.74, 6) is 0.516. The molecule has 1 fully saturated rings. The van der Waals surface area contributed by atoms with Crippen molar-refractivity contribution in [2.45, 2.75) is 58.4 Å². The second-order valence-electron chi connectivity index (χ2n) is 6.65. The van der Waals surface area contributed by atoms with E-state index in [0.29, 0.717) is 17.4 Å².